The second-order valence-corrected chi connectivity index (χ2v) is 7.08. The lowest BCUT2D eigenvalue weighted by atomic mass is 9.91. The van der Waals surface area contributed by atoms with E-state index in [0.29, 0.717) is 24.0 Å². The van der Waals surface area contributed by atoms with E-state index in [1.165, 1.54) is 11.1 Å². The first-order chi connectivity index (χ1) is 12.3. The molecule has 0 radical (unpaired) electrons. The van der Waals surface area contributed by atoms with Gasteiger partial charge in [0.05, 0.1) is 0 Å². The largest absolute Gasteiger partial charge is 0.508 e. The number of hydrogen-bond donors (Lipinski definition) is 3. The highest BCUT2D eigenvalue weighted by molar-refractivity contribution is 5.93. The summed E-state index contributed by atoms with van der Waals surface area (Å²) < 4.78 is 0. The minimum Gasteiger partial charge on any atom is -0.508 e. The molecule has 0 unspecified atom stereocenters. The van der Waals surface area contributed by atoms with Gasteiger partial charge >= 0.3 is 5.97 Å². The average molecular weight is 360 g/mol. The maximum absolute atomic E-state index is 11.6. The first-order valence-corrected chi connectivity index (χ1v) is 9.36. The van der Waals surface area contributed by atoms with Crippen LogP contribution in [-0.4, -0.2) is 21.3 Å². The molecule has 1 aromatic rings. The molecule has 144 valence electrons. The SMILES string of the molecule is CCCCCc1c(CC=C(C)CCC=C(C)C)c(O)cc(O)c1C(=O)O. The molecule has 1 aromatic carbocycles. The van der Waals surface area contributed by atoms with Crippen LogP contribution in [-0.2, 0) is 12.8 Å². The van der Waals surface area contributed by atoms with Gasteiger partial charge in [0.25, 0.3) is 0 Å². The summed E-state index contributed by atoms with van der Waals surface area (Å²) in [5.41, 5.74) is 3.57. The lowest BCUT2D eigenvalue weighted by Crippen LogP contribution is -2.07. The lowest BCUT2D eigenvalue weighted by Gasteiger charge is -2.15. The summed E-state index contributed by atoms with van der Waals surface area (Å²) in [6.45, 7) is 8.27. The molecule has 0 saturated heterocycles. The second kappa shape index (κ2) is 10.7. The molecule has 4 nitrogen and oxygen atoms in total. The molecule has 0 fully saturated rings. The van der Waals surface area contributed by atoms with Gasteiger partial charge in [-0.3, -0.25) is 0 Å². The van der Waals surface area contributed by atoms with Gasteiger partial charge in [0, 0.05) is 11.6 Å². The monoisotopic (exact) mass is 360 g/mol. The van der Waals surface area contributed by atoms with Crippen molar-refractivity contribution in [1.29, 1.82) is 0 Å². The predicted molar refractivity (Wildman–Crippen MR) is 106 cm³/mol. The number of benzene rings is 1. The van der Waals surface area contributed by atoms with Crippen molar-refractivity contribution in [2.24, 2.45) is 0 Å². The maximum Gasteiger partial charge on any atom is 0.339 e. The number of carbonyl (C=O) groups is 1. The fourth-order valence-corrected chi connectivity index (χ4v) is 3.01. The Labute approximate surface area is 156 Å². The molecule has 0 bridgehead atoms. The van der Waals surface area contributed by atoms with Gasteiger partial charge in [-0.15, -0.1) is 0 Å². The smallest absolute Gasteiger partial charge is 0.339 e. The Morgan fingerprint density at radius 3 is 2.31 bits per heavy atom. The minimum atomic E-state index is -1.15. The van der Waals surface area contributed by atoms with Gasteiger partial charge in [0.1, 0.15) is 17.1 Å². The fourth-order valence-electron chi connectivity index (χ4n) is 3.01. The van der Waals surface area contributed by atoms with Crippen molar-refractivity contribution in [3.8, 4) is 11.5 Å². The molecule has 1 rings (SSSR count). The molecule has 26 heavy (non-hydrogen) atoms. The van der Waals surface area contributed by atoms with E-state index in [0.717, 1.165) is 38.2 Å². The van der Waals surface area contributed by atoms with Crippen LogP contribution >= 0.6 is 0 Å². The van der Waals surface area contributed by atoms with E-state index in [4.69, 9.17) is 0 Å². The molecule has 0 aliphatic heterocycles. The Kier molecular flexibility index (Phi) is 8.97. The van der Waals surface area contributed by atoms with Crippen LogP contribution in [0.5, 0.6) is 11.5 Å². The summed E-state index contributed by atoms with van der Waals surface area (Å²) in [5.74, 6) is -1.55. The Morgan fingerprint density at radius 1 is 1.04 bits per heavy atom. The van der Waals surface area contributed by atoms with Crippen molar-refractivity contribution in [3.05, 3.63) is 46.1 Å². The van der Waals surface area contributed by atoms with E-state index < -0.39 is 5.97 Å². The standard InChI is InChI=1S/C22H32O4/c1-5-6-7-11-18-17(13-12-16(4)10-8-9-15(2)3)19(23)14-20(24)21(18)22(25)26/h9,12,14,23-24H,5-8,10-11,13H2,1-4H3,(H,25,26). The number of hydrogen-bond acceptors (Lipinski definition) is 3. The Hall–Kier alpha value is -2.23. The number of carboxylic acids is 1. The van der Waals surface area contributed by atoms with Gasteiger partial charge in [-0.05, 0) is 58.4 Å². The van der Waals surface area contributed by atoms with E-state index in [2.05, 4.69) is 26.8 Å². The second-order valence-electron chi connectivity index (χ2n) is 7.08. The number of unbranched alkanes of at least 4 members (excludes halogenated alkanes) is 2. The summed E-state index contributed by atoms with van der Waals surface area (Å²) in [6.07, 6.45) is 9.96. The van der Waals surface area contributed by atoms with Crippen molar-refractivity contribution < 1.29 is 20.1 Å². The van der Waals surface area contributed by atoms with Gasteiger partial charge in [-0.25, -0.2) is 4.79 Å². The summed E-state index contributed by atoms with van der Waals surface area (Å²) >= 11 is 0. The van der Waals surface area contributed by atoms with E-state index in [9.17, 15) is 20.1 Å². The van der Waals surface area contributed by atoms with E-state index >= 15 is 0 Å². The number of phenolic OH excluding ortho intramolecular Hbond substituents is 1. The molecule has 0 aromatic heterocycles. The predicted octanol–water partition coefficient (Wildman–Crippen LogP) is 5.76. The molecular formula is C22H32O4. The zero-order valence-corrected chi connectivity index (χ0v) is 16.4. The molecule has 0 atom stereocenters. The minimum absolute atomic E-state index is 0.0349. The third-order valence-corrected chi connectivity index (χ3v) is 4.49. The Morgan fingerprint density at radius 2 is 1.73 bits per heavy atom. The van der Waals surface area contributed by atoms with Gasteiger partial charge in [-0.2, -0.15) is 0 Å². The zero-order chi connectivity index (χ0) is 19.7. The molecule has 0 heterocycles. The van der Waals surface area contributed by atoms with Gasteiger partial charge in [-0.1, -0.05) is 43.1 Å². The summed E-state index contributed by atoms with van der Waals surface area (Å²) in [5, 5.41) is 29.8. The number of aromatic carboxylic acids is 1. The Balaban J connectivity index is 3.13. The highest BCUT2D eigenvalue weighted by Crippen LogP contribution is 2.34. The van der Waals surface area contributed by atoms with Crippen molar-refractivity contribution in [2.45, 2.75) is 72.6 Å². The van der Waals surface area contributed by atoms with E-state index in [1.807, 2.05) is 13.0 Å². The Bertz CT molecular complexity index is 680. The van der Waals surface area contributed by atoms with Crippen LogP contribution in [0.15, 0.2) is 29.4 Å². The fraction of sp³-hybridized carbons (Fsp3) is 0.500. The zero-order valence-electron chi connectivity index (χ0n) is 16.4. The highest BCUT2D eigenvalue weighted by Gasteiger charge is 2.21. The van der Waals surface area contributed by atoms with Gasteiger partial charge in [0.15, 0.2) is 0 Å². The van der Waals surface area contributed by atoms with Crippen molar-refractivity contribution in [3.63, 3.8) is 0 Å². The first-order valence-electron chi connectivity index (χ1n) is 9.36. The van der Waals surface area contributed by atoms with Gasteiger partial charge < -0.3 is 15.3 Å². The molecule has 0 aliphatic carbocycles. The van der Waals surface area contributed by atoms with Crippen molar-refractivity contribution in [2.75, 3.05) is 0 Å². The van der Waals surface area contributed by atoms with Gasteiger partial charge in [0.2, 0.25) is 0 Å². The van der Waals surface area contributed by atoms with Crippen LogP contribution in [0.4, 0.5) is 0 Å². The van der Waals surface area contributed by atoms with Crippen LogP contribution in [0.2, 0.25) is 0 Å². The van der Waals surface area contributed by atoms with E-state index in [1.54, 1.807) is 0 Å². The molecule has 0 spiro atoms. The number of aromatic hydroxyl groups is 2. The number of allylic oxidation sites excluding steroid dienone is 4. The highest BCUT2D eigenvalue weighted by atomic mass is 16.4. The third kappa shape index (κ3) is 6.58. The van der Waals surface area contributed by atoms with Crippen LogP contribution in [0.3, 0.4) is 0 Å². The third-order valence-electron chi connectivity index (χ3n) is 4.49. The maximum atomic E-state index is 11.6. The van der Waals surface area contributed by atoms with Crippen LogP contribution in [0.1, 0.15) is 81.3 Å². The number of phenols is 2. The van der Waals surface area contributed by atoms with Crippen molar-refractivity contribution in [1.82, 2.24) is 0 Å². The number of rotatable bonds is 10. The molecule has 4 heteroatoms. The van der Waals surface area contributed by atoms with E-state index in [-0.39, 0.29) is 17.1 Å². The van der Waals surface area contributed by atoms with Crippen LogP contribution < -0.4 is 0 Å². The summed E-state index contributed by atoms with van der Waals surface area (Å²) in [4.78, 5) is 11.6. The average Bonchev–Trinajstić information content (AvgIpc) is 2.53. The number of carboxylic acid groups (broad SMARTS) is 1. The first kappa shape index (κ1) is 21.8. The lowest BCUT2D eigenvalue weighted by molar-refractivity contribution is 0.0692. The quantitative estimate of drug-likeness (QED) is 0.366. The normalized spacial score (nSPS) is 11.5. The molecule has 3 N–H and O–H groups in total. The molecular weight excluding hydrogens is 328 g/mol. The topological polar surface area (TPSA) is 77.8 Å². The summed E-state index contributed by atoms with van der Waals surface area (Å²) in [6, 6.07) is 1.15. The van der Waals surface area contributed by atoms with Crippen LogP contribution in [0.25, 0.3) is 0 Å². The van der Waals surface area contributed by atoms with Crippen LogP contribution in [0, 0.1) is 0 Å². The molecule has 0 amide bonds. The molecule has 0 aliphatic rings. The molecule has 0 saturated carbocycles. The summed E-state index contributed by atoms with van der Waals surface area (Å²) in [7, 11) is 0. The van der Waals surface area contributed by atoms with Crippen molar-refractivity contribution >= 4 is 5.97 Å².